The highest BCUT2D eigenvalue weighted by molar-refractivity contribution is 6.06. The summed E-state index contributed by atoms with van der Waals surface area (Å²) in [5.74, 6) is 0. The summed E-state index contributed by atoms with van der Waals surface area (Å²) >= 11 is 0. The zero-order valence-corrected chi connectivity index (χ0v) is 34.1. The van der Waals surface area contributed by atoms with Gasteiger partial charge in [0.2, 0.25) is 0 Å². The van der Waals surface area contributed by atoms with Crippen LogP contribution in [0.4, 0.5) is 0 Å². The molecule has 0 spiro atoms. The summed E-state index contributed by atoms with van der Waals surface area (Å²) in [5.41, 5.74) is 17.3. The van der Waals surface area contributed by atoms with Crippen LogP contribution in [0.2, 0.25) is 0 Å². The second-order valence-electron chi connectivity index (χ2n) is 15.1. The smallest absolute Gasteiger partial charge is 0.150 e. The largest absolute Gasteiger partial charge is 0.298 e. The van der Waals surface area contributed by atoms with Crippen molar-refractivity contribution in [3.63, 3.8) is 0 Å². The Hall–Kier alpha value is -8.20. The predicted molar refractivity (Wildman–Crippen MR) is 257 cm³/mol. The van der Waals surface area contributed by atoms with E-state index < -0.39 is 0 Å². The quantitative estimate of drug-likeness (QED) is 0.0912. The fourth-order valence-corrected chi connectivity index (χ4v) is 8.41. The van der Waals surface area contributed by atoms with E-state index in [1.54, 1.807) is 0 Å². The van der Waals surface area contributed by atoms with Gasteiger partial charge in [0, 0.05) is 11.1 Å². The minimum atomic E-state index is 0.510. The molecule has 0 saturated heterocycles. The average molecular weight is 795 g/mol. The van der Waals surface area contributed by atoms with Crippen LogP contribution in [0.15, 0.2) is 243 Å². The summed E-state index contributed by atoms with van der Waals surface area (Å²) in [5, 5.41) is 0. The van der Waals surface area contributed by atoms with Gasteiger partial charge >= 0.3 is 0 Å². The minimum Gasteiger partial charge on any atom is -0.298 e. The van der Waals surface area contributed by atoms with Crippen LogP contribution in [0, 0.1) is 0 Å². The fourth-order valence-electron chi connectivity index (χ4n) is 8.41. The Bertz CT molecular complexity index is 2710. The molecule has 0 fully saturated rings. The third-order valence-electron chi connectivity index (χ3n) is 11.3. The first-order chi connectivity index (χ1) is 30.7. The Kier molecular flexibility index (Phi) is 11.6. The Balaban J connectivity index is 1.13. The zero-order valence-electron chi connectivity index (χ0n) is 34.1. The predicted octanol–water partition coefficient (Wildman–Crippen LogP) is 14.7. The van der Waals surface area contributed by atoms with E-state index in [4.69, 9.17) is 0 Å². The molecule has 9 aromatic carbocycles. The molecule has 0 N–H and O–H groups in total. The van der Waals surface area contributed by atoms with E-state index in [9.17, 15) is 9.59 Å². The highest BCUT2D eigenvalue weighted by atomic mass is 16.1. The van der Waals surface area contributed by atoms with Gasteiger partial charge in [0.15, 0.2) is 12.6 Å². The zero-order chi connectivity index (χ0) is 42.1. The molecule has 0 saturated carbocycles. The third kappa shape index (κ3) is 8.18. The molecular weight excluding hydrogens is 753 g/mol. The molecule has 0 aliphatic rings. The number of benzene rings is 9. The summed E-state index contributed by atoms with van der Waals surface area (Å²) in [6.07, 6.45) is 1.77. The first-order valence-corrected chi connectivity index (χ1v) is 20.8. The number of rotatable bonds is 12. The lowest BCUT2D eigenvalue weighted by Crippen LogP contribution is -1.99. The molecule has 9 aromatic rings. The molecule has 0 atom stereocenters. The van der Waals surface area contributed by atoms with Gasteiger partial charge in [-0.2, -0.15) is 0 Å². The number of carbonyl (C=O) groups excluding carboxylic acids is 2. The molecular formula is C60H42O2. The standard InChI is InChI=1S/C60H42O2/c61-41-53-40-56(44-33-37-52(38-34-44)60(50-29-17-6-18-30-50)58(47-23-11-3-12-24-47)48-25-13-4-14-26-48)54(42-62)39-55(53)43-31-35-51(36-32-43)59(49-27-15-5-16-28-49)57(45-19-7-1-8-20-45)46-21-9-2-10-22-46/h1-42H. The van der Waals surface area contributed by atoms with Gasteiger partial charge in [-0.15, -0.1) is 0 Å². The highest BCUT2D eigenvalue weighted by Gasteiger charge is 2.19. The maximum atomic E-state index is 12.9. The SMILES string of the molecule is O=Cc1cc(-c2ccc(C(=C(c3ccccc3)c3ccccc3)c3ccccc3)cc2)c(C=O)cc1-c1ccc(C(=C(c2ccccc2)c2ccccc2)c2ccccc2)cc1. The van der Waals surface area contributed by atoms with Crippen LogP contribution in [-0.2, 0) is 0 Å². The first-order valence-electron chi connectivity index (χ1n) is 20.8. The average Bonchev–Trinajstić information content (AvgIpc) is 3.36. The van der Waals surface area contributed by atoms with Crippen molar-refractivity contribution in [1.82, 2.24) is 0 Å². The summed E-state index contributed by atoms with van der Waals surface area (Å²) in [7, 11) is 0. The maximum absolute atomic E-state index is 12.9. The van der Waals surface area contributed by atoms with Crippen LogP contribution < -0.4 is 0 Å². The van der Waals surface area contributed by atoms with Crippen molar-refractivity contribution in [2.75, 3.05) is 0 Å². The van der Waals surface area contributed by atoms with Crippen LogP contribution in [0.25, 0.3) is 44.5 Å². The molecule has 0 radical (unpaired) electrons. The third-order valence-corrected chi connectivity index (χ3v) is 11.3. The van der Waals surface area contributed by atoms with Crippen molar-refractivity contribution in [2.24, 2.45) is 0 Å². The molecule has 9 rings (SSSR count). The minimum absolute atomic E-state index is 0.510. The number of hydrogen-bond donors (Lipinski definition) is 0. The van der Waals surface area contributed by atoms with Gasteiger partial charge in [0.25, 0.3) is 0 Å². The Morgan fingerprint density at radius 2 is 0.435 bits per heavy atom. The molecule has 0 heterocycles. The van der Waals surface area contributed by atoms with Gasteiger partial charge in [0.05, 0.1) is 0 Å². The fraction of sp³-hybridized carbons (Fsp3) is 0. The van der Waals surface area contributed by atoms with Gasteiger partial charge < -0.3 is 0 Å². The molecule has 294 valence electrons. The van der Waals surface area contributed by atoms with Crippen LogP contribution in [0.1, 0.15) is 65.2 Å². The van der Waals surface area contributed by atoms with E-state index in [1.165, 1.54) is 0 Å². The van der Waals surface area contributed by atoms with E-state index in [2.05, 4.69) is 170 Å². The summed E-state index contributed by atoms with van der Waals surface area (Å²) in [4.78, 5) is 25.8. The van der Waals surface area contributed by atoms with Crippen LogP contribution in [-0.4, -0.2) is 12.6 Å². The van der Waals surface area contributed by atoms with Gasteiger partial charge in [-0.25, -0.2) is 0 Å². The molecule has 0 aromatic heterocycles. The maximum Gasteiger partial charge on any atom is 0.150 e. The molecule has 62 heavy (non-hydrogen) atoms. The number of carbonyl (C=O) groups is 2. The number of hydrogen-bond acceptors (Lipinski definition) is 2. The topological polar surface area (TPSA) is 34.1 Å². The van der Waals surface area contributed by atoms with Crippen molar-refractivity contribution in [2.45, 2.75) is 0 Å². The Labute approximate surface area is 363 Å². The van der Waals surface area contributed by atoms with Gasteiger partial charge in [-0.1, -0.05) is 231 Å². The van der Waals surface area contributed by atoms with Gasteiger partial charge in [-0.3, -0.25) is 9.59 Å². The van der Waals surface area contributed by atoms with Crippen LogP contribution in [0.5, 0.6) is 0 Å². The summed E-state index contributed by atoms with van der Waals surface area (Å²) in [6.45, 7) is 0. The molecule has 2 nitrogen and oxygen atoms in total. The first kappa shape index (κ1) is 39.3. The van der Waals surface area contributed by atoms with Crippen molar-refractivity contribution in [3.8, 4) is 22.3 Å². The lowest BCUT2D eigenvalue weighted by molar-refractivity contribution is 0.111. The van der Waals surface area contributed by atoms with Crippen LogP contribution in [0.3, 0.4) is 0 Å². The lowest BCUT2D eigenvalue weighted by Gasteiger charge is -2.19. The van der Waals surface area contributed by atoms with Crippen molar-refractivity contribution in [1.29, 1.82) is 0 Å². The normalized spacial score (nSPS) is 10.7. The van der Waals surface area contributed by atoms with E-state index in [0.29, 0.717) is 22.3 Å². The van der Waals surface area contributed by atoms with E-state index in [1.807, 2.05) is 72.8 Å². The van der Waals surface area contributed by atoms with Crippen molar-refractivity contribution >= 4 is 34.9 Å². The molecule has 0 aliphatic heterocycles. The lowest BCUT2D eigenvalue weighted by atomic mass is 9.84. The van der Waals surface area contributed by atoms with Gasteiger partial charge in [0.1, 0.15) is 0 Å². The van der Waals surface area contributed by atoms with Gasteiger partial charge in [-0.05, 0) is 101 Å². The van der Waals surface area contributed by atoms with Crippen molar-refractivity contribution < 1.29 is 9.59 Å². The monoisotopic (exact) mass is 794 g/mol. The molecule has 2 heteroatoms. The summed E-state index contributed by atoms with van der Waals surface area (Å²) in [6, 6.07) is 83.2. The second-order valence-corrected chi connectivity index (χ2v) is 15.1. The van der Waals surface area contributed by atoms with E-state index in [-0.39, 0.29) is 0 Å². The number of aldehydes is 2. The van der Waals surface area contributed by atoms with Crippen LogP contribution >= 0.6 is 0 Å². The molecule has 0 aliphatic carbocycles. The Morgan fingerprint density at radius 1 is 0.242 bits per heavy atom. The molecule has 0 unspecified atom stereocenters. The van der Waals surface area contributed by atoms with E-state index >= 15 is 0 Å². The second kappa shape index (κ2) is 18.4. The molecule has 0 amide bonds. The summed E-state index contributed by atoms with van der Waals surface area (Å²) < 4.78 is 0. The highest BCUT2D eigenvalue weighted by Crippen LogP contribution is 2.40. The van der Waals surface area contributed by atoms with E-state index in [0.717, 1.165) is 90.5 Å². The van der Waals surface area contributed by atoms with Crippen molar-refractivity contribution in [3.05, 3.63) is 298 Å². The molecule has 0 bridgehead atoms. The Morgan fingerprint density at radius 3 is 0.629 bits per heavy atom.